The lowest BCUT2D eigenvalue weighted by atomic mass is 9.94. The summed E-state index contributed by atoms with van der Waals surface area (Å²) < 4.78 is 66.5. The molecule has 0 heterocycles. The molecule has 10 bridgehead atoms. The molecule has 0 aliphatic heterocycles. The predicted octanol–water partition coefficient (Wildman–Crippen LogP) is 15.8. The van der Waals surface area contributed by atoms with Crippen molar-refractivity contribution in [1.82, 2.24) is 0 Å². The maximum absolute atomic E-state index is 6.79. The topological polar surface area (TPSA) is 92.3 Å². The summed E-state index contributed by atoms with van der Waals surface area (Å²) in [5.74, 6) is 19.7. The van der Waals surface area contributed by atoms with Crippen LogP contribution in [-0.2, 0) is 32.1 Å². The van der Waals surface area contributed by atoms with Crippen molar-refractivity contribution < 1.29 is 47.4 Å². The highest BCUT2D eigenvalue weighted by molar-refractivity contribution is 9.09. The van der Waals surface area contributed by atoms with Gasteiger partial charge in [-0.25, -0.2) is 0 Å². The van der Waals surface area contributed by atoms with Gasteiger partial charge in [0.05, 0.1) is 33.0 Å². The second-order valence-corrected chi connectivity index (χ2v) is 23.9. The van der Waals surface area contributed by atoms with E-state index in [1.165, 1.54) is 0 Å². The van der Waals surface area contributed by atoms with Gasteiger partial charge in [0, 0.05) is 114 Å². The number of alkyl halides is 5. The maximum atomic E-state index is 6.79. The van der Waals surface area contributed by atoms with E-state index in [4.69, 9.17) is 79.5 Å². The van der Waals surface area contributed by atoms with Gasteiger partial charge in [-0.05, 0) is 125 Å². The Kier molecular flexibility index (Phi) is 31.5. The first kappa shape index (κ1) is 68.4. The van der Waals surface area contributed by atoms with Crippen LogP contribution < -0.4 is 47.4 Å². The molecule has 10 aliphatic carbocycles. The molecule has 0 fully saturated rings. The third-order valence-electron chi connectivity index (χ3n) is 13.6. The Labute approximate surface area is 547 Å². The first-order chi connectivity index (χ1) is 41.7. The maximum Gasteiger partial charge on any atom is 0.148 e. The van der Waals surface area contributed by atoms with Gasteiger partial charge < -0.3 is 47.4 Å². The van der Waals surface area contributed by atoms with E-state index in [0.717, 1.165) is 146 Å². The van der Waals surface area contributed by atoms with Crippen LogP contribution in [0.5, 0.6) is 57.5 Å². The van der Waals surface area contributed by atoms with Crippen molar-refractivity contribution in [2.45, 2.75) is 96.3 Å². The van der Waals surface area contributed by atoms with Crippen molar-refractivity contribution >= 4 is 79.6 Å². The fourth-order valence-electron chi connectivity index (χ4n) is 9.46. The highest BCUT2D eigenvalue weighted by atomic mass is 79.9. The molecular formula is C70H75Br5O10. The number of ether oxygens (including phenoxy) is 10. The van der Waals surface area contributed by atoms with E-state index < -0.39 is 0 Å². The molecule has 0 N–H and O–H groups in total. The lowest BCUT2D eigenvalue weighted by Gasteiger charge is -2.22. The van der Waals surface area contributed by atoms with E-state index in [0.29, 0.717) is 123 Å². The van der Waals surface area contributed by atoms with Crippen molar-refractivity contribution in [2.24, 2.45) is 0 Å². The number of terminal acetylenes is 5. The van der Waals surface area contributed by atoms with Crippen LogP contribution in [0.3, 0.4) is 0 Å². The largest absolute Gasteiger partial charge is 0.493 e. The Hall–Kier alpha value is -5.70. The quantitative estimate of drug-likeness (QED) is 0.0218. The molecule has 450 valence electrons. The minimum absolute atomic E-state index is 0.0187. The van der Waals surface area contributed by atoms with E-state index in [2.05, 4.69) is 140 Å². The molecule has 0 atom stereocenters. The Bertz CT molecular complexity index is 2660. The highest BCUT2D eigenvalue weighted by Crippen LogP contribution is 2.43. The standard InChI is InChI=1S/C70H75Br5O10/c1-6-26-76-61-41-56-37-52-47-68(83-33-18-13-23-73)58(43-63(52)78-28-8-3)39-54-49-70(85-35-20-15-25-75)60(45-65(54)80-30-10-5)40-55-50-69(84-34-19-14-24-74)59(44-64(55)79-29-9-4)38-53-48-67(82-32-17-12-22-72)57(42-62(53)77-27-7-2)36-51(61)46-66(56)81-31-16-11-21-71/h1-5,41-50H,11-40H2. The fourth-order valence-corrected chi connectivity index (χ4v) is 11.4. The number of unbranched alkanes of at least 4 members (excludes halogenated alkanes) is 5. The van der Waals surface area contributed by atoms with Crippen molar-refractivity contribution in [3.8, 4) is 119 Å². The zero-order chi connectivity index (χ0) is 60.4. The van der Waals surface area contributed by atoms with Gasteiger partial charge in [0.2, 0.25) is 0 Å². The molecule has 10 nitrogen and oxygen atoms in total. The van der Waals surface area contributed by atoms with Crippen LogP contribution >= 0.6 is 79.6 Å². The monoisotopic (exact) mass is 1470 g/mol. The third kappa shape index (κ3) is 21.9. The molecule has 0 amide bonds. The molecular weight excluding hydrogens is 1400 g/mol. The molecule has 0 radical (unpaired) electrons. The highest BCUT2D eigenvalue weighted by Gasteiger charge is 2.25. The summed E-state index contributed by atoms with van der Waals surface area (Å²) in [6.45, 7) is 2.43. The van der Waals surface area contributed by atoms with Crippen LogP contribution in [0, 0.1) is 61.7 Å². The van der Waals surface area contributed by atoms with E-state index in [-0.39, 0.29) is 33.0 Å². The van der Waals surface area contributed by atoms with Gasteiger partial charge in [-0.3, -0.25) is 0 Å². The van der Waals surface area contributed by atoms with Gasteiger partial charge in [-0.2, -0.15) is 0 Å². The first-order valence-corrected chi connectivity index (χ1v) is 34.4. The molecule has 0 aromatic heterocycles. The second-order valence-electron chi connectivity index (χ2n) is 19.9. The summed E-state index contributed by atoms with van der Waals surface area (Å²) >= 11 is 18.0. The second kappa shape index (κ2) is 39.2. The zero-order valence-corrected chi connectivity index (χ0v) is 56.3. The van der Waals surface area contributed by atoms with Crippen LogP contribution in [0.4, 0.5) is 0 Å². The van der Waals surface area contributed by atoms with E-state index >= 15 is 0 Å². The van der Waals surface area contributed by atoms with Crippen LogP contribution in [0.2, 0.25) is 0 Å². The molecule has 5 aromatic carbocycles. The van der Waals surface area contributed by atoms with E-state index in [1.807, 2.05) is 30.3 Å². The minimum atomic E-state index is 0.0187. The minimum Gasteiger partial charge on any atom is -0.493 e. The summed E-state index contributed by atoms with van der Waals surface area (Å²) in [5.41, 5.74) is 8.30. The summed E-state index contributed by atoms with van der Waals surface area (Å²) in [4.78, 5) is 0. The van der Waals surface area contributed by atoms with E-state index in [9.17, 15) is 0 Å². The number of hydrogen-bond acceptors (Lipinski definition) is 10. The molecule has 0 saturated carbocycles. The molecule has 0 unspecified atom stereocenters. The van der Waals surface area contributed by atoms with Gasteiger partial charge >= 0.3 is 0 Å². The van der Waals surface area contributed by atoms with Gasteiger partial charge in [0.1, 0.15) is 90.5 Å². The number of benzene rings is 5. The van der Waals surface area contributed by atoms with Crippen LogP contribution in [-0.4, -0.2) is 92.7 Å². The lowest BCUT2D eigenvalue weighted by Crippen LogP contribution is -2.09. The smallest absolute Gasteiger partial charge is 0.148 e. The summed E-state index contributed by atoms with van der Waals surface area (Å²) in [7, 11) is 0. The SMILES string of the molecule is C#CCOc1cc2c(OCCCCBr)cc1Cc1cc(OCC#C)c(cc1OCCCCBr)Cc1cc(OCC#C)c(cc1OCCCCBr)Cc1cc(OCC#C)c(cc1OCCCCBr)Cc1cc(OCC#C)c(cc1OCCCCBr)C2. The molecule has 10 aliphatic rings. The Morgan fingerprint density at radius 2 is 0.376 bits per heavy atom. The molecule has 15 heteroatoms. The molecule has 0 saturated heterocycles. The number of rotatable bonds is 35. The average molecular weight is 1480 g/mol. The Morgan fingerprint density at radius 3 is 0.506 bits per heavy atom. The third-order valence-corrected chi connectivity index (χ3v) is 16.4. The normalized spacial score (nSPS) is 11.5. The van der Waals surface area contributed by atoms with Crippen molar-refractivity contribution in [1.29, 1.82) is 0 Å². The molecule has 85 heavy (non-hydrogen) atoms. The lowest BCUT2D eigenvalue weighted by molar-refractivity contribution is 0.302. The molecule has 5 aromatic rings. The summed E-state index contributed by atoms with van der Waals surface area (Å²) in [6, 6.07) is 20.3. The zero-order valence-electron chi connectivity index (χ0n) is 48.3. The Morgan fingerprint density at radius 1 is 0.235 bits per heavy atom. The van der Waals surface area contributed by atoms with Gasteiger partial charge in [-0.1, -0.05) is 109 Å². The van der Waals surface area contributed by atoms with Gasteiger partial charge in [0.15, 0.2) is 0 Å². The average Bonchev–Trinajstić information content (AvgIpc) is 3.64. The molecule has 0 spiro atoms. The number of hydrogen-bond donors (Lipinski definition) is 0. The van der Waals surface area contributed by atoms with Crippen molar-refractivity contribution in [3.05, 3.63) is 116 Å². The van der Waals surface area contributed by atoms with Crippen molar-refractivity contribution in [2.75, 3.05) is 92.7 Å². The fraction of sp³-hybridized carbons (Fsp3) is 0.429. The van der Waals surface area contributed by atoms with Gasteiger partial charge in [-0.15, -0.1) is 32.1 Å². The van der Waals surface area contributed by atoms with Crippen LogP contribution in [0.15, 0.2) is 60.7 Å². The molecule has 15 rings (SSSR count). The summed E-state index contributed by atoms with van der Waals surface area (Å²) in [5, 5.41) is 4.22. The van der Waals surface area contributed by atoms with E-state index in [1.54, 1.807) is 0 Å². The first-order valence-electron chi connectivity index (χ1n) is 28.8. The van der Waals surface area contributed by atoms with Gasteiger partial charge in [0.25, 0.3) is 0 Å². The van der Waals surface area contributed by atoms with Crippen molar-refractivity contribution in [3.63, 3.8) is 0 Å². The van der Waals surface area contributed by atoms with Crippen LogP contribution in [0.25, 0.3) is 0 Å². The Balaban J connectivity index is 1.74. The van der Waals surface area contributed by atoms with Crippen LogP contribution in [0.1, 0.15) is 120 Å². The predicted molar refractivity (Wildman–Crippen MR) is 360 cm³/mol. The number of halogens is 5. The summed E-state index contributed by atoms with van der Waals surface area (Å²) in [6.07, 6.45) is 40.1.